The zero-order valence-electron chi connectivity index (χ0n) is 10.4. The molecule has 1 aliphatic heterocycles. The summed E-state index contributed by atoms with van der Waals surface area (Å²) in [5, 5.41) is 2.96. The summed E-state index contributed by atoms with van der Waals surface area (Å²) in [6.07, 6.45) is 2.18. The molecule has 1 aromatic rings. The molecule has 1 aromatic carbocycles. The monoisotopic (exact) mass is 232 g/mol. The third-order valence-electron chi connectivity index (χ3n) is 3.13. The normalized spacial score (nSPS) is 14.6. The van der Waals surface area contributed by atoms with Crippen LogP contribution in [0.2, 0.25) is 0 Å². The highest BCUT2D eigenvalue weighted by Crippen LogP contribution is 2.21. The number of fused-ring (bicyclic) bond motifs is 1. The molecule has 0 saturated carbocycles. The minimum atomic E-state index is 0.145. The van der Waals surface area contributed by atoms with Crippen LogP contribution >= 0.6 is 0 Å². The van der Waals surface area contributed by atoms with Gasteiger partial charge in [-0.05, 0) is 17.5 Å². The zero-order valence-corrected chi connectivity index (χ0v) is 10.4. The van der Waals surface area contributed by atoms with Crippen molar-refractivity contribution in [1.82, 2.24) is 10.2 Å². The van der Waals surface area contributed by atoms with Gasteiger partial charge in [-0.1, -0.05) is 37.6 Å². The number of unbranched alkanes of at least 4 members (excludes halogenated alkanes) is 1. The molecule has 0 radical (unpaired) electrons. The van der Waals surface area contributed by atoms with Crippen LogP contribution in [0.15, 0.2) is 24.3 Å². The van der Waals surface area contributed by atoms with E-state index in [1.807, 2.05) is 0 Å². The van der Waals surface area contributed by atoms with E-state index in [9.17, 15) is 4.79 Å². The summed E-state index contributed by atoms with van der Waals surface area (Å²) in [6.45, 7) is 5.24. The van der Waals surface area contributed by atoms with E-state index in [4.69, 9.17) is 0 Å². The number of nitrogens with one attached hydrogen (secondary N) is 1. The van der Waals surface area contributed by atoms with Crippen molar-refractivity contribution in [3.05, 3.63) is 35.4 Å². The van der Waals surface area contributed by atoms with Crippen LogP contribution in [0.3, 0.4) is 0 Å². The van der Waals surface area contributed by atoms with Gasteiger partial charge in [0.1, 0.15) is 0 Å². The summed E-state index contributed by atoms with van der Waals surface area (Å²) in [5.41, 5.74) is 2.71. The average molecular weight is 232 g/mol. The fourth-order valence-electron chi connectivity index (χ4n) is 2.18. The van der Waals surface area contributed by atoms with E-state index in [1.54, 1.807) is 0 Å². The highest BCUT2D eigenvalue weighted by molar-refractivity contribution is 5.78. The molecule has 1 N–H and O–H groups in total. The molecule has 0 bridgehead atoms. The van der Waals surface area contributed by atoms with Gasteiger partial charge in [0, 0.05) is 19.6 Å². The number of nitrogens with zero attached hydrogens (tertiary/aromatic N) is 1. The van der Waals surface area contributed by atoms with Crippen molar-refractivity contribution < 1.29 is 4.79 Å². The summed E-state index contributed by atoms with van der Waals surface area (Å²) < 4.78 is 0. The Kier molecular flexibility index (Phi) is 4.15. The lowest BCUT2D eigenvalue weighted by Gasteiger charge is -2.14. The minimum absolute atomic E-state index is 0.145. The lowest BCUT2D eigenvalue weighted by molar-refractivity contribution is -0.122. The first-order chi connectivity index (χ1) is 8.29. The molecule has 0 saturated heterocycles. The van der Waals surface area contributed by atoms with Crippen LogP contribution in [-0.2, 0) is 17.9 Å². The van der Waals surface area contributed by atoms with E-state index in [0.717, 1.165) is 32.5 Å². The number of rotatable bonds is 5. The second-order valence-electron chi connectivity index (χ2n) is 4.62. The van der Waals surface area contributed by atoms with Crippen LogP contribution in [0.25, 0.3) is 0 Å². The molecule has 92 valence electrons. The summed E-state index contributed by atoms with van der Waals surface area (Å²) in [7, 11) is 0. The molecule has 2 rings (SSSR count). The van der Waals surface area contributed by atoms with Gasteiger partial charge in [0.2, 0.25) is 5.91 Å². The van der Waals surface area contributed by atoms with Gasteiger partial charge in [-0.25, -0.2) is 0 Å². The average Bonchev–Trinajstić information content (AvgIpc) is 2.71. The van der Waals surface area contributed by atoms with Crippen molar-refractivity contribution >= 4 is 5.91 Å². The first-order valence-electron chi connectivity index (χ1n) is 6.35. The molecule has 1 aliphatic rings. The Morgan fingerprint density at radius 3 is 2.53 bits per heavy atom. The van der Waals surface area contributed by atoms with Crippen LogP contribution in [0.1, 0.15) is 30.9 Å². The molecule has 0 atom stereocenters. The molecule has 0 unspecified atom stereocenters. The molecular formula is C14H20N2O. The molecule has 1 heterocycles. The Morgan fingerprint density at radius 2 is 1.94 bits per heavy atom. The summed E-state index contributed by atoms with van der Waals surface area (Å²) >= 11 is 0. The Labute approximate surface area is 103 Å². The quantitative estimate of drug-likeness (QED) is 0.787. The molecule has 0 fully saturated rings. The molecule has 0 aliphatic carbocycles. The standard InChI is InChI=1S/C14H20N2O/c1-2-3-8-15-14(17)11-16-9-12-6-4-5-7-13(12)10-16/h4-7H,2-3,8-11H2,1H3,(H,15,17). The van der Waals surface area contributed by atoms with Gasteiger partial charge in [0.15, 0.2) is 0 Å². The number of benzene rings is 1. The van der Waals surface area contributed by atoms with E-state index in [2.05, 4.69) is 41.4 Å². The van der Waals surface area contributed by atoms with E-state index in [1.165, 1.54) is 11.1 Å². The van der Waals surface area contributed by atoms with E-state index in [-0.39, 0.29) is 5.91 Å². The second-order valence-corrected chi connectivity index (χ2v) is 4.62. The van der Waals surface area contributed by atoms with Gasteiger partial charge in [-0.2, -0.15) is 0 Å². The molecule has 3 heteroatoms. The van der Waals surface area contributed by atoms with Gasteiger partial charge >= 0.3 is 0 Å². The predicted octanol–water partition coefficient (Wildman–Crippen LogP) is 1.92. The number of amides is 1. The third-order valence-corrected chi connectivity index (χ3v) is 3.13. The van der Waals surface area contributed by atoms with Crippen LogP contribution in [0.5, 0.6) is 0 Å². The summed E-state index contributed by atoms with van der Waals surface area (Å²) in [5.74, 6) is 0.145. The molecule has 17 heavy (non-hydrogen) atoms. The Bertz CT molecular complexity index is 365. The smallest absolute Gasteiger partial charge is 0.234 e. The van der Waals surface area contributed by atoms with Crippen LogP contribution in [-0.4, -0.2) is 23.9 Å². The zero-order chi connectivity index (χ0) is 12.1. The first kappa shape index (κ1) is 12.1. The number of carbonyl (C=O) groups excluding carboxylic acids is 1. The fraction of sp³-hybridized carbons (Fsp3) is 0.500. The fourth-order valence-corrected chi connectivity index (χ4v) is 2.18. The van der Waals surface area contributed by atoms with Crippen molar-refractivity contribution in [2.45, 2.75) is 32.9 Å². The third kappa shape index (κ3) is 3.30. The maximum atomic E-state index is 11.7. The maximum Gasteiger partial charge on any atom is 0.234 e. The van der Waals surface area contributed by atoms with E-state index in [0.29, 0.717) is 6.54 Å². The largest absolute Gasteiger partial charge is 0.355 e. The van der Waals surface area contributed by atoms with Gasteiger partial charge < -0.3 is 5.32 Å². The van der Waals surface area contributed by atoms with Gasteiger partial charge in [0.05, 0.1) is 6.54 Å². The number of hydrogen-bond donors (Lipinski definition) is 1. The summed E-state index contributed by atoms with van der Waals surface area (Å²) in [6, 6.07) is 8.40. The predicted molar refractivity (Wildman–Crippen MR) is 68.5 cm³/mol. The van der Waals surface area contributed by atoms with Crippen LogP contribution < -0.4 is 5.32 Å². The van der Waals surface area contributed by atoms with Gasteiger partial charge in [-0.3, -0.25) is 9.69 Å². The lowest BCUT2D eigenvalue weighted by Crippen LogP contribution is -2.35. The summed E-state index contributed by atoms with van der Waals surface area (Å²) in [4.78, 5) is 13.9. The SMILES string of the molecule is CCCCNC(=O)CN1Cc2ccccc2C1. The highest BCUT2D eigenvalue weighted by atomic mass is 16.2. The minimum Gasteiger partial charge on any atom is -0.355 e. The number of hydrogen-bond acceptors (Lipinski definition) is 2. The molecule has 0 aromatic heterocycles. The Hall–Kier alpha value is -1.35. The number of carbonyl (C=O) groups is 1. The van der Waals surface area contributed by atoms with Gasteiger partial charge in [0.25, 0.3) is 0 Å². The van der Waals surface area contributed by atoms with Crippen LogP contribution in [0.4, 0.5) is 0 Å². The van der Waals surface area contributed by atoms with Crippen molar-refractivity contribution in [1.29, 1.82) is 0 Å². The second kappa shape index (κ2) is 5.82. The van der Waals surface area contributed by atoms with Crippen molar-refractivity contribution in [2.75, 3.05) is 13.1 Å². The molecule has 0 spiro atoms. The highest BCUT2D eigenvalue weighted by Gasteiger charge is 2.19. The molecule has 3 nitrogen and oxygen atoms in total. The Morgan fingerprint density at radius 1 is 1.29 bits per heavy atom. The molecule has 1 amide bonds. The van der Waals surface area contributed by atoms with Crippen molar-refractivity contribution in [2.24, 2.45) is 0 Å². The van der Waals surface area contributed by atoms with Crippen LogP contribution in [0, 0.1) is 0 Å². The van der Waals surface area contributed by atoms with Crippen molar-refractivity contribution in [3.63, 3.8) is 0 Å². The van der Waals surface area contributed by atoms with E-state index < -0.39 is 0 Å². The van der Waals surface area contributed by atoms with E-state index >= 15 is 0 Å². The molecular weight excluding hydrogens is 212 g/mol. The van der Waals surface area contributed by atoms with Gasteiger partial charge in [-0.15, -0.1) is 0 Å². The topological polar surface area (TPSA) is 32.3 Å². The first-order valence-corrected chi connectivity index (χ1v) is 6.35. The Balaban J connectivity index is 1.77. The lowest BCUT2D eigenvalue weighted by atomic mass is 10.1. The van der Waals surface area contributed by atoms with Crippen molar-refractivity contribution in [3.8, 4) is 0 Å². The maximum absolute atomic E-state index is 11.7.